The minimum atomic E-state index is -0.402. The summed E-state index contributed by atoms with van der Waals surface area (Å²) < 4.78 is 10.8. The SMILES string of the molecule is COCC(O)CCNC1CCCOc2ccc(C(C)C)cc21. The second-order valence-electron chi connectivity index (χ2n) is 6.35. The van der Waals surface area contributed by atoms with E-state index in [2.05, 4.69) is 37.4 Å². The first-order chi connectivity index (χ1) is 10.6. The van der Waals surface area contributed by atoms with Crippen LogP contribution in [0.3, 0.4) is 0 Å². The number of benzene rings is 1. The minimum Gasteiger partial charge on any atom is -0.493 e. The zero-order valence-corrected chi connectivity index (χ0v) is 14.0. The highest BCUT2D eigenvalue weighted by Crippen LogP contribution is 2.33. The lowest BCUT2D eigenvalue weighted by molar-refractivity contribution is 0.0589. The molecule has 1 aliphatic heterocycles. The van der Waals surface area contributed by atoms with Crippen LogP contribution in [0.5, 0.6) is 5.75 Å². The van der Waals surface area contributed by atoms with Gasteiger partial charge in [0.1, 0.15) is 5.75 Å². The van der Waals surface area contributed by atoms with Crippen LogP contribution in [-0.4, -0.2) is 38.1 Å². The number of aliphatic hydroxyl groups excluding tert-OH is 1. The van der Waals surface area contributed by atoms with E-state index in [4.69, 9.17) is 9.47 Å². The lowest BCUT2D eigenvalue weighted by atomic mass is 9.95. The summed E-state index contributed by atoms with van der Waals surface area (Å²) >= 11 is 0. The Morgan fingerprint density at radius 2 is 2.23 bits per heavy atom. The summed E-state index contributed by atoms with van der Waals surface area (Å²) in [5.41, 5.74) is 2.60. The van der Waals surface area contributed by atoms with Gasteiger partial charge in [0.05, 0.1) is 19.3 Å². The van der Waals surface area contributed by atoms with Gasteiger partial charge in [0.25, 0.3) is 0 Å². The predicted octanol–water partition coefficient (Wildman–Crippen LogP) is 3.01. The van der Waals surface area contributed by atoms with E-state index in [9.17, 15) is 5.11 Å². The van der Waals surface area contributed by atoms with Gasteiger partial charge in [-0.1, -0.05) is 26.0 Å². The average Bonchev–Trinajstić information content (AvgIpc) is 2.69. The Morgan fingerprint density at radius 3 is 2.95 bits per heavy atom. The third-order valence-electron chi connectivity index (χ3n) is 4.20. The van der Waals surface area contributed by atoms with Gasteiger partial charge in [0.15, 0.2) is 0 Å². The number of fused-ring (bicyclic) bond motifs is 1. The maximum absolute atomic E-state index is 9.76. The number of ether oxygens (including phenoxy) is 2. The van der Waals surface area contributed by atoms with Gasteiger partial charge in [-0.05, 0) is 43.4 Å². The third-order valence-corrected chi connectivity index (χ3v) is 4.20. The van der Waals surface area contributed by atoms with Gasteiger partial charge in [0.2, 0.25) is 0 Å². The number of nitrogens with one attached hydrogen (secondary N) is 1. The fourth-order valence-electron chi connectivity index (χ4n) is 2.87. The molecular weight excluding hydrogens is 278 g/mol. The molecule has 0 aromatic heterocycles. The minimum absolute atomic E-state index is 0.297. The van der Waals surface area contributed by atoms with Crippen molar-refractivity contribution in [3.63, 3.8) is 0 Å². The molecule has 0 fully saturated rings. The Kier molecular flexibility index (Phi) is 6.68. The summed E-state index contributed by atoms with van der Waals surface area (Å²) in [5, 5.41) is 13.3. The van der Waals surface area contributed by atoms with Crippen LogP contribution in [-0.2, 0) is 4.74 Å². The van der Waals surface area contributed by atoms with Gasteiger partial charge in [-0.3, -0.25) is 0 Å². The normalized spacial score (nSPS) is 19.4. The van der Waals surface area contributed by atoms with Crippen LogP contribution >= 0.6 is 0 Å². The molecule has 124 valence electrons. The topological polar surface area (TPSA) is 50.7 Å². The van der Waals surface area contributed by atoms with E-state index in [0.29, 0.717) is 25.0 Å². The van der Waals surface area contributed by atoms with Crippen molar-refractivity contribution in [2.75, 3.05) is 26.9 Å². The van der Waals surface area contributed by atoms with E-state index >= 15 is 0 Å². The first-order valence-electron chi connectivity index (χ1n) is 8.28. The van der Waals surface area contributed by atoms with E-state index in [-0.39, 0.29) is 0 Å². The molecule has 0 aliphatic carbocycles. The van der Waals surface area contributed by atoms with E-state index in [1.165, 1.54) is 11.1 Å². The fourth-order valence-corrected chi connectivity index (χ4v) is 2.87. The molecule has 4 nitrogen and oxygen atoms in total. The van der Waals surface area contributed by atoms with Crippen molar-refractivity contribution in [1.29, 1.82) is 0 Å². The molecule has 2 atom stereocenters. The fraction of sp³-hybridized carbons (Fsp3) is 0.667. The number of hydrogen-bond acceptors (Lipinski definition) is 4. The molecule has 0 saturated heterocycles. The smallest absolute Gasteiger partial charge is 0.124 e. The van der Waals surface area contributed by atoms with Crippen molar-refractivity contribution in [2.45, 2.75) is 51.2 Å². The van der Waals surface area contributed by atoms with Gasteiger partial charge < -0.3 is 19.9 Å². The Bertz CT molecular complexity index is 462. The van der Waals surface area contributed by atoms with Gasteiger partial charge in [-0.15, -0.1) is 0 Å². The molecule has 1 heterocycles. The van der Waals surface area contributed by atoms with Crippen LogP contribution in [0.15, 0.2) is 18.2 Å². The molecule has 4 heteroatoms. The van der Waals surface area contributed by atoms with Crippen molar-refractivity contribution >= 4 is 0 Å². The lowest BCUT2D eigenvalue weighted by Crippen LogP contribution is -2.27. The van der Waals surface area contributed by atoms with Crippen molar-refractivity contribution in [3.05, 3.63) is 29.3 Å². The van der Waals surface area contributed by atoms with Crippen LogP contribution in [0.25, 0.3) is 0 Å². The molecule has 0 saturated carbocycles. The second kappa shape index (κ2) is 8.51. The molecule has 0 radical (unpaired) electrons. The first kappa shape index (κ1) is 17.3. The summed E-state index contributed by atoms with van der Waals surface area (Å²) in [6.45, 7) is 6.37. The van der Waals surface area contributed by atoms with Gasteiger partial charge in [-0.25, -0.2) is 0 Å². The average molecular weight is 307 g/mol. The van der Waals surface area contributed by atoms with Crippen molar-refractivity contribution < 1.29 is 14.6 Å². The molecule has 2 unspecified atom stereocenters. The van der Waals surface area contributed by atoms with Crippen molar-refractivity contribution in [1.82, 2.24) is 5.32 Å². The third kappa shape index (κ3) is 4.70. The van der Waals surface area contributed by atoms with Crippen LogP contribution in [0.1, 0.15) is 56.2 Å². The van der Waals surface area contributed by atoms with Gasteiger partial charge in [-0.2, -0.15) is 0 Å². The maximum Gasteiger partial charge on any atom is 0.124 e. The lowest BCUT2D eigenvalue weighted by Gasteiger charge is -2.21. The molecule has 0 spiro atoms. The van der Waals surface area contributed by atoms with E-state index in [1.54, 1.807) is 7.11 Å². The molecule has 2 N–H and O–H groups in total. The number of hydrogen-bond donors (Lipinski definition) is 2. The Morgan fingerprint density at radius 1 is 1.41 bits per heavy atom. The summed E-state index contributed by atoms with van der Waals surface area (Å²) in [6.07, 6.45) is 2.41. The first-order valence-corrected chi connectivity index (χ1v) is 8.28. The van der Waals surface area contributed by atoms with Gasteiger partial charge >= 0.3 is 0 Å². The number of rotatable bonds is 7. The van der Waals surface area contributed by atoms with Crippen molar-refractivity contribution in [2.24, 2.45) is 0 Å². The monoisotopic (exact) mass is 307 g/mol. The number of aliphatic hydroxyl groups is 1. The highest BCUT2D eigenvalue weighted by Gasteiger charge is 2.20. The summed E-state index contributed by atoms with van der Waals surface area (Å²) in [6, 6.07) is 6.83. The number of methoxy groups -OCH3 is 1. The molecule has 1 aromatic rings. The zero-order valence-electron chi connectivity index (χ0n) is 14.0. The van der Waals surface area contributed by atoms with E-state index < -0.39 is 6.10 Å². The van der Waals surface area contributed by atoms with Gasteiger partial charge in [0, 0.05) is 18.7 Å². The molecular formula is C18H29NO3. The molecule has 1 aromatic carbocycles. The highest BCUT2D eigenvalue weighted by molar-refractivity contribution is 5.41. The van der Waals surface area contributed by atoms with Crippen molar-refractivity contribution in [3.8, 4) is 5.75 Å². The van der Waals surface area contributed by atoms with Crippen LogP contribution in [0.2, 0.25) is 0 Å². The summed E-state index contributed by atoms with van der Waals surface area (Å²) in [4.78, 5) is 0. The Labute approximate surface area is 133 Å². The molecule has 0 amide bonds. The standard InChI is InChI=1S/C18H29NO3/c1-13(2)14-6-7-18-16(11-14)17(5-4-10-22-18)19-9-8-15(20)12-21-3/h6-7,11,13,15,17,19-20H,4-5,8-10,12H2,1-3H3. The molecule has 22 heavy (non-hydrogen) atoms. The quantitative estimate of drug-likeness (QED) is 0.813. The van der Waals surface area contributed by atoms with Crippen LogP contribution in [0, 0.1) is 0 Å². The highest BCUT2D eigenvalue weighted by atomic mass is 16.5. The van der Waals surface area contributed by atoms with E-state index in [0.717, 1.165) is 31.7 Å². The largest absolute Gasteiger partial charge is 0.493 e. The summed E-state index contributed by atoms with van der Waals surface area (Å²) in [5.74, 6) is 1.51. The summed E-state index contributed by atoms with van der Waals surface area (Å²) in [7, 11) is 1.61. The molecule has 2 rings (SSSR count). The second-order valence-corrected chi connectivity index (χ2v) is 6.35. The zero-order chi connectivity index (χ0) is 15.9. The Hall–Kier alpha value is -1.10. The molecule has 1 aliphatic rings. The molecule has 0 bridgehead atoms. The van der Waals surface area contributed by atoms with Crippen LogP contribution in [0.4, 0.5) is 0 Å². The van der Waals surface area contributed by atoms with Crippen LogP contribution < -0.4 is 10.1 Å². The maximum atomic E-state index is 9.76. The predicted molar refractivity (Wildman–Crippen MR) is 88.5 cm³/mol. The van der Waals surface area contributed by atoms with E-state index in [1.807, 2.05) is 0 Å². The Balaban J connectivity index is 2.04.